The van der Waals surface area contributed by atoms with E-state index < -0.39 is 0 Å². The van der Waals surface area contributed by atoms with Gasteiger partial charge in [0.05, 0.1) is 0 Å². The highest BCUT2D eigenvalue weighted by Gasteiger charge is 1.99. The maximum atomic E-state index is 2.25. The zero-order valence-electron chi connectivity index (χ0n) is 10.2. The van der Waals surface area contributed by atoms with Crippen LogP contribution in [0.5, 0.6) is 0 Å². The molecule has 0 saturated carbocycles. The van der Waals surface area contributed by atoms with Crippen molar-refractivity contribution >= 4 is 5.57 Å². The number of allylic oxidation sites excluding steroid dienone is 2. The standard InChI is InChI=1S/C15H22/c1-4-6-7-8-14(5-2)15-11-9-13(3)10-12-15/h5,9-12H,4,6-8H2,1-3H3/b14-5+. The predicted molar refractivity (Wildman–Crippen MR) is 69.0 cm³/mol. The van der Waals surface area contributed by atoms with Gasteiger partial charge in [-0.1, -0.05) is 55.7 Å². The van der Waals surface area contributed by atoms with Gasteiger partial charge in [-0.3, -0.25) is 0 Å². The van der Waals surface area contributed by atoms with Gasteiger partial charge in [-0.2, -0.15) is 0 Å². The first-order chi connectivity index (χ1) is 7.27. The number of hydrogen-bond acceptors (Lipinski definition) is 0. The zero-order valence-corrected chi connectivity index (χ0v) is 10.2. The summed E-state index contributed by atoms with van der Waals surface area (Å²) in [5, 5.41) is 0. The maximum absolute atomic E-state index is 2.25. The Kier molecular flexibility index (Phi) is 5.17. The first-order valence-electron chi connectivity index (χ1n) is 6.00. The third-order valence-corrected chi connectivity index (χ3v) is 2.82. The molecule has 0 spiro atoms. The van der Waals surface area contributed by atoms with Crippen LogP contribution in [0.25, 0.3) is 5.57 Å². The average molecular weight is 202 g/mol. The summed E-state index contributed by atoms with van der Waals surface area (Å²) in [4.78, 5) is 0. The highest BCUT2D eigenvalue weighted by Crippen LogP contribution is 2.21. The van der Waals surface area contributed by atoms with E-state index in [9.17, 15) is 0 Å². The van der Waals surface area contributed by atoms with Crippen LogP contribution in [0.15, 0.2) is 30.3 Å². The van der Waals surface area contributed by atoms with Gasteiger partial charge in [-0.05, 0) is 37.8 Å². The summed E-state index contributed by atoms with van der Waals surface area (Å²) in [6.45, 7) is 6.53. The largest absolute Gasteiger partial charge is 0.0838 e. The molecule has 15 heavy (non-hydrogen) atoms. The van der Waals surface area contributed by atoms with Crippen LogP contribution < -0.4 is 0 Å². The zero-order chi connectivity index (χ0) is 11.1. The molecule has 0 aliphatic rings. The summed E-state index contributed by atoms with van der Waals surface area (Å²) in [5.41, 5.74) is 4.21. The van der Waals surface area contributed by atoms with Crippen LogP contribution >= 0.6 is 0 Å². The van der Waals surface area contributed by atoms with Crippen LogP contribution in [0, 0.1) is 6.92 Å². The summed E-state index contributed by atoms with van der Waals surface area (Å²) in [6, 6.07) is 8.85. The summed E-state index contributed by atoms with van der Waals surface area (Å²) in [6.07, 6.45) is 7.41. The molecule has 1 aromatic rings. The van der Waals surface area contributed by atoms with Crippen molar-refractivity contribution in [2.24, 2.45) is 0 Å². The van der Waals surface area contributed by atoms with E-state index in [2.05, 4.69) is 51.1 Å². The molecule has 0 aliphatic carbocycles. The van der Waals surface area contributed by atoms with Gasteiger partial charge in [0, 0.05) is 0 Å². The Labute approximate surface area is 94.0 Å². The third kappa shape index (κ3) is 3.91. The van der Waals surface area contributed by atoms with E-state index in [4.69, 9.17) is 0 Å². The summed E-state index contributed by atoms with van der Waals surface area (Å²) in [7, 11) is 0. The Balaban J connectivity index is 2.63. The lowest BCUT2D eigenvalue weighted by Crippen LogP contribution is -1.85. The summed E-state index contributed by atoms with van der Waals surface area (Å²) < 4.78 is 0. The van der Waals surface area contributed by atoms with Gasteiger partial charge in [0.15, 0.2) is 0 Å². The van der Waals surface area contributed by atoms with E-state index in [0.717, 1.165) is 0 Å². The Bertz CT molecular complexity index is 303. The fourth-order valence-electron chi connectivity index (χ4n) is 1.79. The first-order valence-corrected chi connectivity index (χ1v) is 6.00. The van der Waals surface area contributed by atoms with Crippen LogP contribution in [0.4, 0.5) is 0 Å². The van der Waals surface area contributed by atoms with E-state index in [1.54, 1.807) is 0 Å². The van der Waals surface area contributed by atoms with Crippen molar-refractivity contribution in [3.63, 3.8) is 0 Å². The topological polar surface area (TPSA) is 0 Å². The van der Waals surface area contributed by atoms with Gasteiger partial charge >= 0.3 is 0 Å². The lowest BCUT2D eigenvalue weighted by molar-refractivity contribution is 0.735. The van der Waals surface area contributed by atoms with Gasteiger partial charge in [0.25, 0.3) is 0 Å². The van der Waals surface area contributed by atoms with Crippen molar-refractivity contribution in [1.29, 1.82) is 0 Å². The fourth-order valence-corrected chi connectivity index (χ4v) is 1.79. The quantitative estimate of drug-likeness (QED) is 0.591. The highest BCUT2D eigenvalue weighted by atomic mass is 14.0. The molecule has 0 bridgehead atoms. The fraction of sp³-hybridized carbons (Fsp3) is 0.467. The molecular formula is C15H22. The molecule has 0 heteroatoms. The Morgan fingerprint density at radius 3 is 2.33 bits per heavy atom. The molecule has 1 aromatic carbocycles. The van der Waals surface area contributed by atoms with Crippen molar-refractivity contribution in [3.05, 3.63) is 41.5 Å². The Morgan fingerprint density at radius 1 is 1.13 bits per heavy atom. The van der Waals surface area contributed by atoms with E-state index >= 15 is 0 Å². The molecule has 0 nitrogen and oxygen atoms in total. The molecule has 0 heterocycles. The van der Waals surface area contributed by atoms with Crippen molar-refractivity contribution in [1.82, 2.24) is 0 Å². The normalized spacial score (nSPS) is 11.8. The van der Waals surface area contributed by atoms with E-state index in [0.29, 0.717) is 0 Å². The van der Waals surface area contributed by atoms with Crippen LogP contribution in [0.1, 0.15) is 50.7 Å². The Morgan fingerprint density at radius 2 is 1.80 bits per heavy atom. The summed E-state index contributed by atoms with van der Waals surface area (Å²) >= 11 is 0. The van der Waals surface area contributed by atoms with Crippen molar-refractivity contribution < 1.29 is 0 Å². The number of hydrogen-bond donors (Lipinski definition) is 0. The highest BCUT2D eigenvalue weighted by molar-refractivity contribution is 5.65. The van der Waals surface area contributed by atoms with Gasteiger partial charge in [0.2, 0.25) is 0 Å². The van der Waals surface area contributed by atoms with Gasteiger partial charge < -0.3 is 0 Å². The molecule has 0 unspecified atom stereocenters. The second-order valence-electron chi connectivity index (χ2n) is 4.14. The number of aryl methyl sites for hydroxylation is 1. The van der Waals surface area contributed by atoms with E-state index in [1.165, 1.54) is 42.4 Å². The molecule has 0 fully saturated rings. The van der Waals surface area contributed by atoms with Crippen LogP contribution in [-0.2, 0) is 0 Å². The lowest BCUT2D eigenvalue weighted by Gasteiger charge is -2.07. The van der Waals surface area contributed by atoms with E-state index in [-0.39, 0.29) is 0 Å². The van der Waals surface area contributed by atoms with Crippen LogP contribution in [0.3, 0.4) is 0 Å². The minimum atomic E-state index is 1.22. The SMILES string of the molecule is C/C=C(\CCCCC)c1ccc(C)cc1. The molecular weight excluding hydrogens is 180 g/mol. The molecule has 0 radical (unpaired) electrons. The van der Waals surface area contributed by atoms with E-state index in [1.807, 2.05) is 0 Å². The van der Waals surface area contributed by atoms with Gasteiger partial charge in [-0.25, -0.2) is 0 Å². The third-order valence-electron chi connectivity index (χ3n) is 2.82. The number of benzene rings is 1. The number of rotatable bonds is 5. The summed E-state index contributed by atoms with van der Waals surface area (Å²) in [5.74, 6) is 0. The molecule has 82 valence electrons. The second kappa shape index (κ2) is 6.44. The van der Waals surface area contributed by atoms with Crippen molar-refractivity contribution in [2.75, 3.05) is 0 Å². The van der Waals surface area contributed by atoms with Crippen LogP contribution in [0.2, 0.25) is 0 Å². The molecule has 0 aliphatic heterocycles. The van der Waals surface area contributed by atoms with Crippen LogP contribution in [-0.4, -0.2) is 0 Å². The lowest BCUT2D eigenvalue weighted by atomic mass is 9.99. The molecule has 0 atom stereocenters. The monoisotopic (exact) mass is 202 g/mol. The molecule has 0 aromatic heterocycles. The predicted octanol–water partition coefficient (Wildman–Crippen LogP) is 4.98. The minimum absolute atomic E-state index is 1.22. The molecule has 1 rings (SSSR count). The minimum Gasteiger partial charge on any atom is -0.0838 e. The average Bonchev–Trinajstić information content (AvgIpc) is 2.26. The van der Waals surface area contributed by atoms with Gasteiger partial charge in [0.1, 0.15) is 0 Å². The van der Waals surface area contributed by atoms with Gasteiger partial charge in [-0.15, -0.1) is 0 Å². The molecule has 0 saturated heterocycles. The van der Waals surface area contributed by atoms with Crippen molar-refractivity contribution in [2.45, 2.75) is 46.5 Å². The molecule has 0 amide bonds. The first kappa shape index (κ1) is 12.0. The molecule has 0 N–H and O–H groups in total. The second-order valence-corrected chi connectivity index (χ2v) is 4.14. The van der Waals surface area contributed by atoms with Crippen molar-refractivity contribution in [3.8, 4) is 0 Å². The number of unbranched alkanes of at least 4 members (excludes halogenated alkanes) is 2. The maximum Gasteiger partial charge on any atom is -0.0228 e. The smallest absolute Gasteiger partial charge is 0.0228 e. The Hall–Kier alpha value is -1.04.